The van der Waals surface area contributed by atoms with Crippen molar-refractivity contribution in [2.45, 2.75) is 54.4 Å². The minimum Gasteiger partial charge on any atom is -0.756 e. The molecule has 2 fully saturated rings. The molecule has 206 valence electrons. The highest BCUT2D eigenvalue weighted by Gasteiger charge is 2.48. The van der Waals surface area contributed by atoms with Gasteiger partial charge in [0.05, 0.1) is 30.7 Å². The maximum absolute atomic E-state index is 12.2. The van der Waals surface area contributed by atoms with Crippen LogP contribution in [0.4, 0.5) is 0 Å². The fourth-order valence-electron chi connectivity index (χ4n) is 3.44. The Balaban J connectivity index is 1.58. The highest BCUT2D eigenvalue weighted by molar-refractivity contribution is 7.81. The maximum atomic E-state index is 12.2. The normalized spacial score (nSPS) is 40.6. The quantitative estimate of drug-likeness (QED) is 0.0962. The number of thiol groups is 1. The third kappa shape index (κ3) is 6.74. The zero-order valence-electron chi connectivity index (χ0n) is 18.1. The van der Waals surface area contributed by atoms with Crippen molar-refractivity contribution in [2.75, 3.05) is 13.2 Å². The molecule has 0 saturated carbocycles. The molecule has 3 rings (SSSR count). The molecule has 1 amide bonds. The van der Waals surface area contributed by atoms with Gasteiger partial charge in [0.15, 0.2) is 12.5 Å². The third-order valence-electron chi connectivity index (χ3n) is 5.26. The van der Waals surface area contributed by atoms with Crippen LogP contribution in [0.25, 0.3) is 0 Å². The molecule has 0 aromatic rings. The molecule has 5 unspecified atom stereocenters. The highest BCUT2D eigenvalue weighted by Crippen LogP contribution is 2.59. The van der Waals surface area contributed by atoms with Crippen LogP contribution in [0.3, 0.4) is 0 Å². The second kappa shape index (κ2) is 11.4. The Labute approximate surface area is 209 Å². The Hall–Kier alpha value is -0.920. The van der Waals surface area contributed by atoms with Crippen molar-refractivity contribution in [3.63, 3.8) is 0 Å². The first-order chi connectivity index (χ1) is 16.7. The molecule has 0 spiro atoms. The number of rotatable bonds is 9. The van der Waals surface area contributed by atoms with E-state index in [1.54, 1.807) is 0 Å². The lowest BCUT2D eigenvalue weighted by Gasteiger charge is -2.41. The molecular weight excluding hydrogens is 554 g/mol. The smallest absolute Gasteiger partial charge is 0.478 e. The van der Waals surface area contributed by atoms with E-state index in [4.69, 9.17) is 9.47 Å². The van der Waals surface area contributed by atoms with Crippen LogP contribution in [0.2, 0.25) is 0 Å². The number of carbonyl (C=O) groups is 1. The van der Waals surface area contributed by atoms with Crippen molar-refractivity contribution in [2.24, 2.45) is 0 Å². The lowest BCUT2D eigenvalue weighted by molar-refractivity contribution is -0.279. The molecule has 3 heterocycles. The number of amides is 1. The van der Waals surface area contributed by atoms with Gasteiger partial charge in [-0.3, -0.25) is 18.4 Å². The largest absolute Gasteiger partial charge is 0.756 e. The summed E-state index contributed by atoms with van der Waals surface area (Å²) in [5, 5.41) is 50.7. The van der Waals surface area contributed by atoms with Crippen molar-refractivity contribution in [1.29, 1.82) is 0 Å². The van der Waals surface area contributed by atoms with E-state index in [2.05, 4.69) is 37.9 Å². The molecule has 2 saturated heterocycles. The number of nitrogens with zero attached hydrogens (tertiary/aromatic N) is 1. The number of phosphoric ester groups is 2. The first-order valence-corrected chi connectivity index (χ1v) is 13.6. The topological polar surface area (TPSA) is 257 Å². The summed E-state index contributed by atoms with van der Waals surface area (Å²) in [6.07, 6.45) is -10.8. The number of hydrogen-bond acceptors (Lipinski definition) is 16. The number of carbonyl (C=O) groups excluding carboxylic acids is 1. The van der Waals surface area contributed by atoms with Crippen LogP contribution >= 0.6 is 28.3 Å². The summed E-state index contributed by atoms with van der Waals surface area (Å²) >= 11 is 3.93. The van der Waals surface area contributed by atoms with Crippen molar-refractivity contribution in [1.82, 2.24) is 10.2 Å². The predicted molar refractivity (Wildman–Crippen MR) is 115 cm³/mol. The van der Waals surface area contributed by atoms with Gasteiger partial charge < -0.3 is 55.0 Å². The summed E-state index contributed by atoms with van der Waals surface area (Å²) < 4.78 is 47.7. The number of nitrogens with one attached hydrogen (secondary N) is 1. The van der Waals surface area contributed by atoms with Crippen molar-refractivity contribution < 1.29 is 72.1 Å². The lowest BCUT2D eigenvalue weighted by Crippen LogP contribution is -2.57. The summed E-state index contributed by atoms with van der Waals surface area (Å²) in [5.41, 5.74) is 0. The van der Waals surface area contributed by atoms with Crippen LogP contribution < -0.4 is 10.2 Å². The van der Waals surface area contributed by atoms with Gasteiger partial charge in [-0.25, -0.2) is 8.88 Å². The zero-order chi connectivity index (χ0) is 27.0. The van der Waals surface area contributed by atoms with E-state index < -0.39 is 89.2 Å². The average Bonchev–Trinajstić information content (AvgIpc) is 3.06. The van der Waals surface area contributed by atoms with Crippen LogP contribution in [0.1, 0.15) is 0 Å². The van der Waals surface area contributed by atoms with Gasteiger partial charge in [-0.1, -0.05) is 6.58 Å². The van der Waals surface area contributed by atoms with Crippen molar-refractivity contribution in [3.8, 4) is 0 Å². The van der Waals surface area contributed by atoms with Gasteiger partial charge in [0.25, 0.3) is 13.7 Å². The number of aliphatic hydroxyl groups is 5. The molecule has 0 radical (unpaired) electrons. The van der Waals surface area contributed by atoms with Crippen molar-refractivity contribution >= 4 is 34.2 Å². The van der Waals surface area contributed by atoms with Gasteiger partial charge in [-0.05, 0) is 0 Å². The number of ether oxygens (including phenoxy) is 2. The van der Waals surface area contributed by atoms with Gasteiger partial charge in [-0.15, -0.1) is 0 Å². The van der Waals surface area contributed by atoms with Crippen LogP contribution in [-0.4, -0.2) is 109 Å². The van der Waals surface area contributed by atoms with Gasteiger partial charge in [-0.2, -0.15) is 12.6 Å². The molecule has 20 heteroatoms. The Kier molecular flexibility index (Phi) is 9.42. The molecule has 11 atom stereocenters. The standard InChI is InChI=1S/C16H26N2O15P2S/c1-6-17-9(20)2-3-18(6)15-12(23)10(21)8(30-15)5-29-34(25,26)33-35(27,28)32-16-13(24)11(22)14(36)7(4-19)31-16/h2-3,7-8,10-16,19,21-24,36H,1,4-5H2,(H,17,20)(H,25,26)(H,27,28)/p-1/t7?,8-,10?,11-,12+,13?,14-,15-,16-/m1/s1. The molecule has 36 heavy (non-hydrogen) atoms. The van der Waals surface area contributed by atoms with E-state index in [0.717, 1.165) is 6.08 Å². The predicted octanol–water partition coefficient (Wildman–Crippen LogP) is -3.79. The monoisotopic (exact) mass is 579 g/mol. The first-order valence-electron chi connectivity index (χ1n) is 10.1. The van der Waals surface area contributed by atoms with Crippen LogP contribution in [0.15, 0.2) is 24.7 Å². The molecule has 3 aliphatic heterocycles. The Morgan fingerprint density at radius 2 is 1.81 bits per heavy atom. The fourth-order valence-corrected chi connectivity index (χ4v) is 5.90. The second-order valence-corrected chi connectivity index (χ2v) is 11.4. The minimum atomic E-state index is -5.75. The molecule has 3 aliphatic rings. The zero-order valence-corrected chi connectivity index (χ0v) is 20.8. The second-order valence-electron chi connectivity index (χ2n) is 7.80. The highest BCUT2D eigenvalue weighted by atomic mass is 32.1. The Morgan fingerprint density at radius 1 is 1.14 bits per heavy atom. The first kappa shape index (κ1) is 29.6. The maximum Gasteiger partial charge on any atom is 0.478 e. The van der Waals surface area contributed by atoms with Gasteiger partial charge >= 0.3 is 7.82 Å². The number of aliphatic hydroxyl groups excluding tert-OH is 5. The Bertz CT molecular complexity index is 968. The molecule has 0 aromatic heterocycles. The summed E-state index contributed by atoms with van der Waals surface area (Å²) in [6, 6.07) is 0. The van der Waals surface area contributed by atoms with Gasteiger partial charge in [0, 0.05) is 12.3 Å². The van der Waals surface area contributed by atoms with E-state index >= 15 is 0 Å². The minimum absolute atomic E-state index is 0.00540. The van der Waals surface area contributed by atoms with E-state index in [1.807, 2.05) is 0 Å². The van der Waals surface area contributed by atoms with E-state index in [-0.39, 0.29) is 5.82 Å². The summed E-state index contributed by atoms with van der Waals surface area (Å²) in [7, 11) is -11.2. The van der Waals surface area contributed by atoms with Crippen LogP contribution in [0, 0.1) is 0 Å². The lowest BCUT2D eigenvalue weighted by atomic mass is 10.0. The molecular formula is C16H25N2O15P2S-. The summed E-state index contributed by atoms with van der Waals surface area (Å²) in [4.78, 5) is 34.4. The SMILES string of the molecule is C=C1NC(=O)C=CN1[C@@H]1O[C@H](COP(=O)(O)OP(=O)([O-])O[C@H]2OC(CO)[C@@H](S)[C@H](O)C2O)C(O)[C@@H]1O. The molecule has 0 aliphatic carbocycles. The van der Waals surface area contributed by atoms with Crippen LogP contribution in [-0.2, 0) is 36.8 Å². The molecule has 0 aromatic carbocycles. The van der Waals surface area contributed by atoms with Gasteiger partial charge in [0.2, 0.25) is 0 Å². The van der Waals surface area contributed by atoms with Crippen molar-refractivity contribution in [3.05, 3.63) is 24.7 Å². The number of hydrogen-bond donors (Lipinski definition) is 8. The van der Waals surface area contributed by atoms with E-state index in [9.17, 15) is 49.2 Å². The van der Waals surface area contributed by atoms with E-state index in [0.29, 0.717) is 0 Å². The molecule has 17 nitrogen and oxygen atoms in total. The molecule has 7 N–H and O–H groups in total. The average molecular weight is 579 g/mol. The third-order valence-corrected chi connectivity index (χ3v) is 8.47. The summed E-state index contributed by atoms with van der Waals surface area (Å²) in [6.45, 7) is 1.89. The summed E-state index contributed by atoms with van der Waals surface area (Å²) in [5.74, 6) is -0.490. The van der Waals surface area contributed by atoms with E-state index in [1.165, 1.54) is 11.1 Å². The van der Waals surface area contributed by atoms with Crippen LogP contribution in [0.5, 0.6) is 0 Å². The fraction of sp³-hybridized carbons (Fsp3) is 0.688. The van der Waals surface area contributed by atoms with Gasteiger partial charge in [0.1, 0.15) is 30.2 Å². The Morgan fingerprint density at radius 3 is 2.42 bits per heavy atom. The molecule has 0 bridgehead atoms. The number of phosphoric acid groups is 2.